The minimum atomic E-state index is -1.15. The van der Waals surface area contributed by atoms with Gasteiger partial charge in [-0.05, 0) is 31.0 Å². The van der Waals surface area contributed by atoms with E-state index in [1.807, 2.05) is 0 Å². The van der Waals surface area contributed by atoms with E-state index in [0.717, 1.165) is 0 Å². The van der Waals surface area contributed by atoms with E-state index >= 15 is 0 Å². The first kappa shape index (κ1) is 11.7. The molecule has 0 aliphatic heterocycles. The molecule has 0 amide bonds. The van der Waals surface area contributed by atoms with E-state index in [1.54, 1.807) is 18.2 Å². The molecule has 0 unspecified atom stereocenters. The van der Waals surface area contributed by atoms with Crippen LogP contribution in [-0.2, 0) is 10.4 Å². The summed E-state index contributed by atoms with van der Waals surface area (Å²) in [5, 5.41) is 19.9. The van der Waals surface area contributed by atoms with Gasteiger partial charge in [0.25, 0.3) is 0 Å². The highest BCUT2D eigenvalue weighted by molar-refractivity contribution is 6.33. The number of halogens is 2. The molecule has 0 spiro atoms. The smallest absolute Gasteiger partial charge is 0.306 e. The summed E-state index contributed by atoms with van der Waals surface area (Å²) in [6.45, 7) is 0. The van der Waals surface area contributed by atoms with Crippen molar-refractivity contribution < 1.29 is 15.0 Å². The normalized spacial score (nSPS) is 28.6. The monoisotopic (exact) mass is 260 g/mol. The fourth-order valence-corrected chi connectivity index (χ4v) is 2.47. The van der Waals surface area contributed by atoms with Crippen LogP contribution in [0.4, 0.5) is 0 Å². The minimum absolute atomic E-state index is 0.183. The number of aliphatic hydroxyl groups is 1. The first-order valence-corrected chi connectivity index (χ1v) is 5.59. The molecule has 16 heavy (non-hydrogen) atoms. The van der Waals surface area contributed by atoms with Crippen LogP contribution in [0.5, 0.6) is 0 Å². The molecule has 1 saturated carbocycles. The summed E-state index contributed by atoms with van der Waals surface area (Å²) in [5.74, 6) is -1.39. The van der Waals surface area contributed by atoms with Crippen LogP contribution in [0.1, 0.15) is 18.4 Å². The Morgan fingerprint density at radius 2 is 2.00 bits per heavy atom. The molecule has 86 valence electrons. The molecule has 0 bridgehead atoms. The highest BCUT2D eigenvalue weighted by atomic mass is 35.5. The molecule has 5 heteroatoms. The number of carboxylic acid groups (broad SMARTS) is 1. The van der Waals surface area contributed by atoms with Crippen molar-refractivity contribution in [2.75, 3.05) is 0 Å². The van der Waals surface area contributed by atoms with E-state index in [-0.39, 0.29) is 12.8 Å². The lowest BCUT2D eigenvalue weighted by molar-refractivity contribution is -0.159. The van der Waals surface area contributed by atoms with Gasteiger partial charge in [0.2, 0.25) is 0 Å². The zero-order chi connectivity index (χ0) is 11.9. The molecule has 0 saturated heterocycles. The molecule has 1 aliphatic rings. The molecule has 1 fully saturated rings. The SMILES string of the molecule is O=C(O)C1CC(O)(c2cc(Cl)ccc2Cl)C1. The summed E-state index contributed by atoms with van der Waals surface area (Å²) in [6, 6.07) is 4.82. The second kappa shape index (κ2) is 3.91. The van der Waals surface area contributed by atoms with E-state index < -0.39 is 17.5 Å². The lowest BCUT2D eigenvalue weighted by Gasteiger charge is -2.42. The second-order valence-electron chi connectivity index (χ2n) is 4.10. The van der Waals surface area contributed by atoms with E-state index in [9.17, 15) is 9.90 Å². The average molecular weight is 261 g/mol. The van der Waals surface area contributed by atoms with Gasteiger partial charge in [0.1, 0.15) is 0 Å². The number of carbonyl (C=O) groups is 1. The summed E-state index contributed by atoms with van der Waals surface area (Å²) < 4.78 is 0. The molecule has 1 aromatic rings. The van der Waals surface area contributed by atoms with Gasteiger partial charge >= 0.3 is 5.97 Å². The first-order chi connectivity index (χ1) is 7.42. The number of aliphatic carboxylic acids is 1. The number of hydrogen-bond donors (Lipinski definition) is 2. The van der Waals surface area contributed by atoms with Gasteiger partial charge in [-0.3, -0.25) is 4.79 Å². The second-order valence-corrected chi connectivity index (χ2v) is 4.94. The minimum Gasteiger partial charge on any atom is -0.481 e. The van der Waals surface area contributed by atoms with Gasteiger partial charge in [-0.2, -0.15) is 0 Å². The van der Waals surface area contributed by atoms with Gasteiger partial charge in [-0.15, -0.1) is 0 Å². The lowest BCUT2D eigenvalue weighted by atomic mass is 9.67. The Hall–Kier alpha value is -0.770. The van der Waals surface area contributed by atoms with E-state index in [1.165, 1.54) is 0 Å². The molecule has 1 aliphatic carbocycles. The lowest BCUT2D eigenvalue weighted by Crippen LogP contribution is -2.44. The maximum atomic E-state index is 10.7. The number of hydrogen-bond acceptors (Lipinski definition) is 2. The number of benzene rings is 1. The molecule has 3 nitrogen and oxygen atoms in total. The summed E-state index contributed by atoms with van der Waals surface area (Å²) in [4.78, 5) is 10.7. The molecule has 0 heterocycles. The van der Waals surface area contributed by atoms with Crippen LogP contribution >= 0.6 is 23.2 Å². The van der Waals surface area contributed by atoms with E-state index in [4.69, 9.17) is 28.3 Å². The van der Waals surface area contributed by atoms with Crippen LogP contribution in [0.2, 0.25) is 10.0 Å². The third kappa shape index (κ3) is 1.90. The van der Waals surface area contributed by atoms with Gasteiger partial charge in [-0.25, -0.2) is 0 Å². The Morgan fingerprint density at radius 1 is 1.38 bits per heavy atom. The van der Waals surface area contributed by atoms with Crippen molar-refractivity contribution in [3.05, 3.63) is 33.8 Å². The van der Waals surface area contributed by atoms with Crippen LogP contribution in [0.3, 0.4) is 0 Å². The Bertz CT molecular complexity index is 439. The van der Waals surface area contributed by atoms with E-state index in [2.05, 4.69) is 0 Å². The molecule has 2 rings (SSSR count). The fraction of sp³-hybridized carbons (Fsp3) is 0.364. The van der Waals surface area contributed by atoms with Crippen molar-refractivity contribution in [3.63, 3.8) is 0 Å². The van der Waals surface area contributed by atoms with Crippen molar-refractivity contribution in [2.24, 2.45) is 5.92 Å². The van der Waals surface area contributed by atoms with Gasteiger partial charge in [0, 0.05) is 15.6 Å². The first-order valence-electron chi connectivity index (χ1n) is 4.83. The van der Waals surface area contributed by atoms with Crippen LogP contribution in [0.15, 0.2) is 18.2 Å². The molecule has 1 aromatic carbocycles. The maximum absolute atomic E-state index is 10.7. The summed E-state index contributed by atoms with van der Waals surface area (Å²) in [5.41, 5.74) is -0.635. The van der Waals surface area contributed by atoms with E-state index in [0.29, 0.717) is 15.6 Å². The van der Waals surface area contributed by atoms with Crippen molar-refractivity contribution in [2.45, 2.75) is 18.4 Å². The molecule has 0 aromatic heterocycles. The van der Waals surface area contributed by atoms with Crippen molar-refractivity contribution in [1.82, 2.24) is 0 Å². The van der Waals surface area contributed by atoms with Gasteiger partial charge < -0.3 is 10.2 Å². The Balaban J connectivity index is 2.26. The van der Waals surface area contributed by atoms with Gasteiger partial charge in [-0.1, -0.05) is 23.2 Å². The van der Waals surface area contributed by atoms with Crippen molar-refractivity contribution in [1.29, 1.82) is 0 Å². The Morgan fingerprint density at radius 3 is 2.56 bits per heavy atom. The highest BCUT2D eigenvalue weighted by Gasteiger charge is 2.48. The van der Waals surface area contributed by atoms with Crippen LogP contribution in [0.25, 0.3) is 0 Å². The number of carboxylic acids is 1. The topological polar surface area (TPSA) is 57.5 Å². The number of rotatable bonds is 2. The Labute approximate surface area is 103 Å². The zero-order valence-electron chi connectivity index (χ0n) is 8.28. The van der Waals surface area contributed by atoms with Crippen LogP contribution < -0.4 is 0 Å². The quantitative estimate of drug-likeness (QED) is 0.860. The predicted molar refractivity (Wildman–Crippen MR) is 60.7 cm³/mol. The standard InChI is InChI=1S/C11H10Cl2O3/c12-7-1-2-9(13)8(3-7)11(16)4-6(5-11)10(14)15/h1-3,6,16H,4-5H2,(H,14,15). The predicted octanol–water partition coefficient (Wildman–Crippen LogP) is 2.68. The van der Waals surface area contributed by atoms with Gasteiger partial charge in [0.15, 0.2) is 0 Å². The van der Waals surface area contributed by atoms with Crippen LogP contribution in [0, 0.1) is 5.92 Å². The van der Waals surface area contributed by atoms with Crippen LogP contribution in [-0.4, -0.2) is 16.2 Å². The molecule has 2 N–H and O–H groups in total. The molecular weight excluding hydrogens is 251 g/mol. The third-order valence-corrected chi connectivity index (χ3v) is 3.51. The summed E-state index contributed by atoms with van der Waals surface area (Å²) in [7, 11) is 0. The maximum Gasteiger partial charge on any atom is 0.306 e. The summed E-state index contributed by atoms with van der Waals surface area (Å²) >= 11 is 11.8. The molecule has 0 atom stereocenters. The molecule has 0 radical (unpaired) electrons. The zero-order valence-corrected chi connectivity index (χ0v) is 9.79. The highest BCUT2D eigenvalue weighted by Crippen LogP contribution is 2.48. The Kier molecular flexibility index (Phi) is 2.86. The fourth-order valence-electron chi connectivity index (χ4n) is 2.00. The third-order valence-electron chi connectivity index (χ3n) is 2.95. The largest absolute Gasteiger partial charge is 0.481 e. The van der Waals surface area contributed by atoms with Crippen molar-refractivity contribution in [3.8, 4) is 0 Å². The molecular formula is C11H10Cl2O3. The average Bonchev–Trinajstić information content (AvgIpc) is 2.16. The summed E-state index contributed by atoms with van der Waals surface area (Å²) in [6.07, 6.45) is 0.366. The van der Waals surface area contributed by atoms with Crippen molar-refractivity contribution >= 4 is 29.2 Å². The van der Waals surface area contributed by atoms with Gasteiger partial charge in [0.05, 0.1) is 11.5 Å².